The Labute approximate surface area is 194 Å². The van der Waals surface area contributed by atoms with E-state index in [1.54, 1.807) is 12.1 Å². The van der Waals surface area contributed by atoms with Gasteiger partial charge in [0, 0.05) is 12.1 Å². The molecule has 0 fully saturated rings. The number of amides is 1. The van der Waals surface area contributed by atoms with Crippen molar-refractivity contribution in [2.75, 3.05) is 27.4 Å². The zero-order valence-corrected chi connectivity index (χ0v) is 18.8. The SMILES string of the molecule is C#CCOc1ccc(CCNC(=O)c2cc(OC)c(OCc3ccccc3)c(OC)c2)cc1. The van der Waals surface area contributed by atoms with Gasteiger partial charge in [0.05, 0.1) is 14.2 Å². The Morgan fingerprint density at radius 1 is 0.909 bits per heavy atom. The molecule has 1 N–H and O–H groups in total. The van der Waals surface area contributed by atoms with E-state index in [-0.39, 0.29) is 12.5 Å². The van der Waals surface area contributed by atoms with Gasteiger partial charge in [-0.1, -0.05) is 48.4 Å². The van der Waals surface area contributed by atoms with Gasteiger partial charge in [0.15, 0.2) is 11.5 Å². The van der Waals surface area contributed by atoms with Crippen molar-refractivity contribution in [3.8, 4) is 35.3 Å². The van der Waals surface area contributed by atoms with Gasteiger partial charge in [0.1, 0.15) is 19.0 Å². The summed E-state index contributed by atoms with van der Waals surface area (Å²) in [7, 11) is 3.06. The summed E-state index contributed by atoms with van der Waals surface area (Å²) >= 11 is 0. The lowest BCUT2D eigenvalue weighted by Gasteiger charge is -2.16. The van der Waals surface area contributed by atoms with Crippen LogP contribution in [-0.2, 0) is 13.0 Å². The first-order valence-corrected chi connectivity index (χ1v) is 10.5. The lowest BCUT2D eigenvalue weighted by atomic mass is 10.1. The minimum absolute atomic E-state index is 0.227. The molecule has 0 aliphatic heterocycles. The van der Waals surface area contributed by atoms with E-state index in [9.17, 15) is 4.79 Å². The number of methoxy groups -OCH3 is 2. The largest absolute Gasteiger partial charge is 0.493 e. The van der Waals surface area contributed by atoms with Crippen molar-refractivity contribution in [2.45, 2.75) is 13.0 Å². The molecule has 0 aliphatic rings. The fourth-order valence-electron chi connectivity index (χ4n) is 3.18. The highest BCUT2D eigenvalue weighted by molar-refractivity contribution is 5.95. The van der Waals surface area contributed by atoms with Crippen molar-refractivity contribution in [1.82, 2.24) is 5.32 Å². The van der Waals surface area contributed by atoms with E-state index >= 15 is 0 Å². The Balaban J connectivity index is 1.62. The van der Waals surface area contributed by atoms with Crippen molar-refractivity contribution in [3.05, 3.63) is 83.4 Å². The molecule has 0 heterocycles. The first kappa shape index (κ1) is 23.6. The molecule has 3 aromatic carbocycles. The van der Waals surface area contributed by atoms with Gasteiger partial charge in [-0.15, -0.1) is 6.42 Å². The molecule has 6 heteroatoms. The maximum absolute atomic E-state index is 12.7. The molecule has 0 atom stereocenters. The Morgan fingerprint density at radius 3 is 2.18 bits per heavy atom. The fourth-order valence-corrected chi connectivity index (χ4v) is 3.18. The summed E-state index contributed by atoms with van der Waals surface area (Å²) in [6.45, 7) is 1.06. The second kappa shape index (κ2) is 12.1. The third kappa shape index (κ3) is 6.68. The first-order valence-electron chi connectivity index (χ1n) is 10.5. The number of hydrogen-bond acceptors (Lipinski definition) is 5. The van der Waals surface area contributed by atoms with Crippen LogP contribution in [0.4, 0.5) is 0 Å². The second-order valence-corrected chi connectivity index (χ2v) is 7.13. The predicted molar refractivity (Wildman–Crippen MR) is 127 cm³/mol. The maximum atomic E-state index is 12.7. The Kier molecular flexibility index (Phi) is 8.61. The zero-order valence-electron chi connectivity index (χ0n) is 18.8. The number of terminal acetylenes is 1. The maximum Gasteiger partial charge on any atom is 0.251 e. The van der Waals surface area contributed by atoms with E-state index in [4.69, 9.17) is 25.4 Å². The minimum Gasteiger partial charge on any atom is -0.493 e. The molecule has 33 heavy (non-hydrogen) atoms. The van der Waals surface area contributed by atoms with Gasteiger partial charge in [-0.25, -0.2) is 0 Å². The van der Waals surface area contributed by atoms with Crippen molar-refractivity contribution in [1.29, 1.82) is 0 Å². The predicted octanol–water partition coefficient (Wildman–Crippen LogP) is 4.27. The van der Waals surface area contributed by atoms with Crippen LogP contribution in [0.2, 0.25) is 0 Å². The van der Waals surface area contributed by atoms with Gasteiger partial charge in [-0.2, -0.15) is 0 Å². The van der Waals surface area contributed by atoms with E-state index in [0.29, 0.717) is 42.4 Å². The lowest BCUT2D eigenvalue weighted by molar-refractivity contribution is 0.0953. The van der Waals surface area contributed by atoms with Crippen LogP contribution in [0.25, 0.3) is 0 Å². The molecule has 3 rings (SSSR count). The Morgan fingerprint density at radius 2 is 1.58 bits per heavy atom. The zero-order chi connectivity index (χ0) is 23.5. The number of hydrogen-bond donors (Lipinski definition) is 1. The van der Waals surface area contributed by atoms with Crippen molar-refractivity contribution >= 4 is 5.91 Å². The standard InChI is InChI=1S/C27H27NO5/c1-4-16-32-23-12-10-20(11-13-23)14-15-28-27(29)22-17-24(30-2)26(25(18-22)31-3)33-19-21-8-6-5-7-9-21/h1,5-13,17-18H,14-16,19H2,2-3H3,(H,28,29). The molecule has 0 bridgehead atoms. The summed E-state index contributed by atoms with van der Waals surface area (Å²) in [6.07, 6.45) is 5.87. The van der Waals surface area contributed by atoms with Crippen LogP contribution >= 0.6 is 0 Å². The van der Waals surface area contributed by atoms with E-state index in [1.807, 2.05) is 54.6 Å². The van der Waals surface area contributed by atoms with E-state index in [2.05, 4.69) is 11.2 Å². The number of nitrogens with one attached hydrogen (secondary N) is 1. The number of benzene rings is 3. The molecule has 170 valence electrons. The molecule has 0 aliphatic carbocycles. The van der Waals surface area contributed by atoms with Crippen LogP contribution in [0.3, 0.4) is 0 Å². The lowest BCUT2D eigenvalue weighted by Crippen LogP contribution is -2.25. The Hall–Kier alpha value is -4.11. The normalized spacial score (nSPS) is 10.1. The molecule has 3 aromatic rings. The van der Waals surface area contributed by atoms with Crippen LogP contribution in [0.1, 0.15) is 21.5 Å². The summed E-state index contributed by atoms with van der Waals surface area (Å²) in [4.78, 5) is 12.7. The van der Waals surface area contributed by atoms with Crippen molar-refractivity contribution in [2.24, 2.45) is 0 Å². The van der Waals surface area contributed by atoms with E-state index in [0.717, 1.165) is 16.9 Å². The molecular weight excluding hydrogens is 418 g/mol. The van der Waals surface area contributed by atoms with Crippen LogP contribution < -0.4 is 24.3 Å². The van der Waals surface area contributed by atoms with Gasteiger partial charge in [0.25, 0.3) is 5.91 Å². The molecule has 0 spiro atoms. The highest BCUT2D eigenvalue weighted by atomic mass is 16.5. The van der Waals surface area contributed by atoms with Crippen LogP contribution in [-0.4, -0.2) is 33.3 Å². The number of rotatable bonds is 11. The monoisotopic (exact) mass is 445 g/mol. The Bertz CT molecular complexity index is 1060. The molecule has 0 unspecified atom stereocenters. The molecular formula is C27H27NO5. The first-order chi connectivity index (χ1) is 16.1. The highest BCUT2D eigenvalue weighted by Crippen LogP contribution is 2.39. The summed E-state index contributed by atoms with van der Waals surface area (Å²) in [5, 5.41) is 2.93. The average Bonchev–Trinajstić information content (AvgIpc) is 2.87. The summed E-state index contributed by atoms with van der Waals surface area (Å²) in [5.41, 5.74) is 2.51. The molecule has 0 aromatic heterocycles. The third-order valence-corrected chi connectivity index (χ3v) is 4.89. The van der Waals surface area contributed by atoms with Gasteiger partial charge in [-0.3, -0.25) is 4.79 Å². The number of carbonyl (C=O) groups excluding carboxylic acids is 1. The number of carbonyl (C=O) groups is 1. The molecule has 0 saturated heterocycles. The molecule has 1 amide bonds. The third-order valence-electron chi connectivity index (χ3n) is 4.89. The van der Waals surface area contributed by atoms with Gasteiger partial charge < -0.3 is 24.3 Å². The highest BCUT2D eigenvalue weighted by Gasteiger charge is 2.18. The smallest absolute Gasteiger partial charge is 0.251 e. The van der Waals surface area contributed by atoms with E-state index < -0.39 is 0 Å². The average molecular weight is 446 g/mol. The van der Waals surface area contributed by atoms with Crippen molar-refractivity contribution in [3.63, 3.8) is 0 Å². The van der Waals surface area contributed by atoms with Crippen molar-refractivity contribution < 1.29 is 23.7 Å². The fraction of sp³-hybridized carbons (Fsp3) is 0.222. The molecule has 0 radical (unpaired) electrons. The van der Waals surface area contributed by atoms with E-state index in [1.165, 1.54) is 14.2 Å². The van der Waals surface area contributed by atoms with Crippen LogP contribution in [0.15, 0.2) is 66.7 Å². The van der Waals surface area contributed by atoms with Crippen LogP contribution in [0, 0.1) is 12.3 Å². The summed E-state index contributed by atoms with van der Waals surface area (Å²) in [5.74, 6) is 4.23. The minimum atomic E-state index is -0.227. The topological polar surface area (TPSA) is 66.0 Å². The van der Waals surface area contributed by atoms with Gasteiger partial charge in [0.2, 0.25) is 5.75 Å². The molecule has 6 nitrogen and oxygen atoms in total. The quantitative estimate of drug-likeness (QED) is 0.447. The van der Waals surface area contributed by atoms with Gasteiger partial charge in [-0.05, 0) is 41.8 Å². The van der Waals surface area contributed by atoms with Crippen LogP contribution in [0.5, 0.6) is 23.0 Å². The van der Waals surface area contributed by atoms with Gasteiger partial charge >= 0.3 is 0 Å². The second-order valence-electron chi connectivity index (χ2n) is 7.13. The number of ether oxygens (including phenoxy) is 4. The molecule has 0 saturated carbocycles. The summed E-state index contributed by atoms with van der Waals surface area (Å²) < 4.78 is 22.2. The summed E-state index contributed by atoms with van der Waals surface area (Å²) in [6, 6.07) is 20.7.